The highest BCUT2D eigenvalue weighted by Gasteiger charge is 2.20. The first kappa shape index (κ1) is 14.6. The van der Waals surface area contributed by atoms with Crippen LogP contribution in [0, 0.1) is 11.6 Å². The second-order valence-electron chi connectivity index (χ2n) is 5.41. The fourth-order valence-electron chi connectivity index (χ4n) is 2.58. The largest absolute Gasteiger partial charge is 0.394 e. The molecule has 7 heteroatoms. The van der Waals surface area contributed by atoms with Crippen LogP contribution >= 0.6 is 0 Å². The van der Waals surface area contributed by atoms with Gasteiger partial charge in [-0.25, -0.2) is 18.7 Å². The molecule has 0 aliphatic carbocycles. The molecular formula is C15H17F2N5. The number of halogens is 2. The SMILES string of the molecule is CN1CCN(c2ncnc(-c3cc(F)cc(F)c3)c2N)CC1. The van der Waals surface area contributed by atoms with Crippen molar-refractivity contribution in [1.29, 1.82) is 0 Å². The van der Waals surface area contributed by atoms with E-state index in [1.165, 1.54) is 18.5 Å². The standard InChI is InChI=1S/C15H17F2N5/c1-21-2-4-22(5-3-21)15-13(18)14(19-9-20-15)10-6-11(16)8-12(17)7-10/h6-9H,2-5,18H2,1H3. The molecule has 1 aliphatic heterocycles. The van der Waals surface area contributed by atoms with Gasteiger partial charge in [0.1, 0.15) is 23.6 Å². The third-order valence-corrected chi connectivity index (χ3v) is 3.80. The Morgan fingerprint density at radius 3 is 2.27 bits per heavy atom. The van der Waals surface area contributed by atoms with E-state index in [-0.39, 0.29) is 0 Å². The van der Waals surface area contributed by atoms with Gasteiger partial charge in [0, 0.05) is 37.8 Å². The second-order valence-corrected chi connectivity index (χ2v) is 5.41. The van der Waals surface area contributed by atoms with E-state index in [1.807, 2.05) is 0 Å². The number of rotatable bonds is 2. The van der Waals surface area contributed by atoms with Crippen molar-refractivity contribution in [2.75, 3.05) is 43.9 Å². The van der Waals surface area contributed by atoms with E-state index in [0.717, 1.165) is 32.2 Å². The zero-order chi connectivity index (χ0) is 15.7. The van der Waals surface area contributed by atoms with E-state index in [0.29, 0.717) is 22.8 Å². The molecule has 5 nitrogen and oxygen atoms in total. The summed E-state index contributed by atoms with van der Waals surface area (Å²) in [5.74, 6) is -0.703. The Kier molecular flexibility index (Phi) is 3.89. The maximum absolute atomic E-state index is 13.4. The second kappa shape index (κ2) is 5.84. The molecule has 1 aromatic heterocycles. The van der Waals surface area contributed by atoms with Crippen LogP contribution in [-0.2, 0) is 0 Å². The maximum Gasteiger partial charge on any atom is 0.155 e. The van der Waals surface area contributed by atoms with Crippen LogP contribution in [0.25, 0.3) is 11.3 Å². The lowest BCUT2D eigenvalue weighted by atomic mass is 10.1. The number of aromatic nitrogens is 2. The number of nitrogens with two attached hydrogens (primary N) is 1. The molecule has 0 amide bonds. The fourth-order valence-corrected chi connectivity index (χ4v) is 2.58. The highest BCUT2D eigenvalue weighted by Crippen LogP contribution is 2.31. The lowest BCUT2D eigenvalue weighted by Gasteiger charge is -2.33. The fraction of sp³-hybridized carbons (Fsp3) is 0.333. The van der Waals surface area contributed by atoms with Gasteiger partial charge in [0.15, 0.2) is 5.82 Å². The Balaban J connectivity index is 1.98. The predicted octanol–water partition coefficient (Wildman–Crippen LogP) is 1.76. The molecule has 0 radical (unpaired) electrons. The number of piperazine rings is 1. The van der Waals surface area contributed by atoms with Crippen LogP contribution in [0.3, 0.4) is 0 Å². The van der Waals surface area contributed by atoms with Crippen LogP contribution in [-0.4, -0.2) is 48.1 Å². The molecule has 1 fully saturated rings. The van der Waals surface area contributed by atoms with Crippen LogP contribution in [0.2, 0.25) is 0 Å². The molecule has 0 saturated carbocycles. The average Bonchev–Trinajstić information content (AvgIpc) is 2.47. The van der Waals surface area contributed by atoms with Crippen LogP contribution < -0.4 is 10.6 Å². The molecule has 22 heavy (non-hydrogen) atoms. The van der Waals surface area contributed by atoms with Crippen molar-refractivity contribution in [2.24, 2.45) is 0 Å². The number of anilines is 2. The normalized spacial score (nSPS) is 16.0. The van der Waals surface area contributed by atoms with E-state index in [1.54, 1.807) is 0 Å². The number of hydrogen-bond donors (Lipinski definition) is 1. The van der Waals surface area contributed by atoms with Gasteiger partial charge in [-0.3, -0.25) is 0 Å². The molecule has 3 rings (SSSR count). The topological polar surface area (TPSA) is 58.3 Å². The van der Waals surface area contributed by atoms with E-state index in [2.05, 4.69) is 26.8 Å². The van der Waals surface area contributed by atoms with Crippen LogP contribution in [0.4, 0.5) is 20.3 Å². The Morgan fingerprint density at radius 2 is 1.64 bits per heavy atom. The van der Waals surface area contributed by atoms with Gasteiger partial charge in [-0.2, -0.15) is 0 Å². The summed E-state index contributed by atoms with van der Waals surface area (Å²) in [6, 6.07) is 3.26. The Hall–Kier alpha value is -2.28. The molecule has 0 atom stereocenters. The molecule has 0 bridgehead atoms. The van der Waals surface area contributed by atoms with Crippen molar-refractivity contribution in [3.63, 3.8) is 0 Å². The predicted molar refractivity (Wildman–Crippen MR) is 81.5 cm³/mol. The molecule has 0 unspecified atom stereocenters. The summed E-state index contributed by atoms with van der Waals surface area (Å²) in [5.41, 5.74) is 7.16. The number of nitrogen functional groups attached to an aromatic ring is 1. The van der Waals surface area contributed by atoms with Gasteiger partial charge in [0.2, 0.25) is 0 Å². The Morgan fingerprint density at radius 1 is 1.00 bits per heavy atom. The summed E-state index contributed by atoms with van der Waals surface area (Å²) in [5, 5.41) is 0. The lowest BCUT2D eigenvalue weighted by Crippen LogP contribution is -2.45. The molecular weight excluding hydrogens is 288 g/mol. The van der Waals surface area contributed by atoms with Crippen LogP contribution in [0.1, 0.15) is 0 Å². The number of hydrogen-bond acceptors (Lipinski definition) is 5. The van der Waals surface area contributed by atoms with E-state index >= 15 is 0 Å². The minimum absolute atomic E-state index is 0.313. The third-order valence-electron chi connectivity index (χ3n) is 3.80. The molecule has 2 heterocycles. The quantitative estimate of drug-likeness (QED) is 0.916. The van der Waals surface area contributed by atoms with E-state index in [4.69, 9.17) is 5.73 Å². The Labute approximate surface area is 127 Å². The van der Waals surface area contributed by atoms with Gasteiger partial charge in [-0.05, 0) is 19.2 Å². The minimum Gasteiger partial charge on any atom is -0.394 e. The van der Waals surface area contributed by atoms with Crippen LogP contribution in [0.15, 0.2) is 24.5 Å². The van der Waals surface area contributed by atoms with Crippen molar-refractivity contribution in [1.82, 2.24) is 14.9 Å². The van der Waals surface area contributed by atoms with Crippen molar-refractivity contribution >= 4 is 11.5 Å². The molecule has 1 aliphatic rings. The summed E-state index contributed by atoms with van der Waals surface area (Å²) < 4.78 is 26.8. The molecule has 1 aromatic carbocycles. The number of benzene rings is 1. The third kappa shape index (κ3) is 2.85. The summed E-state index contributed by atoms with van der Waals surface area (Å²) in [6.07, 6.45) is 1.38. The smallest absolute Gasteiger partial charge is 0.155 e. The van der Waals surface area contributed by atoms with Crippen LogP contribution in [0.5, 0.6) is 0 Å². The summed E-state index contributed by atoms with van der Waals surface area (Å²) in [4.78, 5) is 12.6. The average molecular weight is 305 g/mol. The van der Waals surface area contributed by atoms with Gasteiger partial charge < -0.3 is 15.5 Å². The van der Waals surface area contributed by atoms with Crippen molar-refractivity contribution in [3.05, 3.63) is 36.2 Å². The van der Waals surface area contributed by atoms with Crippen molar-refractivity contribution in [3.8, 4) is 11.3 Å². The summed E-state index contributed by atoms with van der Waals surface area (Å²) in [7, 11) is 2.06. The number of nitrogens with zero attached hydrogens (tertiary/aromatic N) is 4. The number of likely N-dealkylation sites (N-methyl/N-ethyl adjacent to an activating group) is 1. The highest BCUT2D eigenvalue weighted by molar-refractivity contribution is 5.80. The first-order valence-electron chi connectivity index (χ1n) is 7.05. The summed E-state index contributed by atoms with van der Waals surface area (Å²) in [6.45, 7) is 3.42. The van der Waals surface area contributed by atoms with Crippen molar-refractivity contribution < 1.29 is 8.78 Å². The van der Waals surface area contributed by atoms with Gasteiger partial charge in [-0.1, -0.05) is 0 Å². The van der Waals surface area contributed by atoms with Crippen molar-refractivity contribution in [2.45, 2.75) is 0 Å². The minimum atomic E-state index is -0.658. The molecule has 2 N–H and O–H groups in total. The molecule has 116 valence electrons. The molecule has 2 aromatic rings. The molecule has 0 spiro atoms. The zero-order valence-corrected chi connectivity index (χ0v) is 12.3. The van der Waals surface area contributed by atoms with Gasteiger partial charge in [-0.15, -0.1) is 0 Å². The maximum atomic E-state index is 13.4. The summed E-state index contributed by atoms with van der Waals surface area (Å²) >= 11 is 0. The van der Waals surface area contributed by atoms with Gasteiger partial charge in [0.25, 0.3) is 0 Å². The zero-order valence-electron chi connectivity index (χ0n) is 12.3. The van der Waals surface area contributed by atoms with E-state index in [9.17, 15) is 8.78 Å². The monoisotopic (exact) mass is 305 g/mol. The lowest BCUT2D eigenvalue weighted by molar-refractivity contribution is 0.312. The first-order valence-corrected chi connectivity index (χ1v) is 7.05. The van der Waals surface area contributed by atoms with E-state index < -0.39 is 11.6 Å². The Bertz CT molecular complexity index is 663. The van der Waals surface area contributed by atoms with Gasteiger partial charge >= 0.3 is 0 Å². The first-order chi connectivity index (χ1) is 10.5. The van der Waals surface area contributed by atoms with Gasteiger partial charge in [0.05, 0.1) is 5.69 Å². The highest BCUT2D eigenvalue weighted by atomic mass is 19.1. The molecule has 1 saturated heterocycles.